The number of hydrogen-bond acceptors (Lipinski definition) is 1. The Morgan fingerprint density at radius 1 is 1.40 bits per heavy atom. The summed E-state index contributed by atoms with van der Waals surface area (Å²) in [6.45, 7) is 0. The van der Waals surface area contributed by atoms with Crippen LogP contribution < -0.4 is 0 Å². The molecule has 2 nitrogen and oxygen atoms in total. The zero-order valence-electron chi connectivity index (χ0n) is 8.07. The van der Waals surface area contributed by atoms with Gasteiger partial charge in [0.1, 0.15) is 0 Å². The molecule has 0 atom stereocenters. The number of alkyl halides is 5. The third kappa shape index (κ3) is 2.51. The summed E-state index contributed by atoms with van der Waals surface area (Å²) in [5.41, 5.74) is -2.18. The molecular weight excluding hydrogens is 230 g/mol. The van der Waals surface area contributed by atoms with Gasteiger partial charge in [-0.2, -0.15) is 0 Å². The first-order chi connectivity index (χ1) is 6.79. The molecule has 0 aromatic carbocycles. The van der Waals surface area contributed by atoms with Gasteiger partial charge in [-0.25, -0.2) is 0 Å². The van der Waals surface area contributed by atoms with Crippen molar-refractivity contribution in [2.24, 2.45) is 7.05 Å². The molecule has 0 aliphatic carbocycles. The number of aryl methyl sites for hydroxylation is 1. The molecule has 0 unspecified atom stereocenters. The van der Waals surface area contributed by atoms with E-state index in [1.165, 1.54) is 0 Å². The van der Waals surface area contributed by atoms with E-state index in [-0.39, 0.29) is 9.23 Å². The number of aromatic nitrogens is 2. The van der Waals surface area contributed by atoms with Crippen molar-refractivity contribution in [3.63, 3.8) is 0 Å². The van der Waals surface area contributed by atoms with Crippen molar-refractivity contribution in [2.45, 2.75) is 16.3 Å². The average molecular weight is 236 g/mol. The maximum absolute atomic E-state index is 12.5. The summed E-state index contributed by atoms with van der Waals surface area (Å²) in [6.07, 6.45) is -7.59. The number of nitrogens with zero attached hydrogens (tertiary/aromatic N) is 2. The van der Waals surface area contributed by atoms with Gasteiger partial charge in [0, 0.05) is 0 Å². The summed E-state index contributed by atoms with van der Waals surface area (Å²) in [6, 6.07) is 0. The normalized spacial score (nSPS) is 12.6. The van der Waals surface area contributed by atoms with Crippen LogP contribution in [0.5, 0.6) is 0 Å². The maximum atomic E-state index is 12.5. The van der Waals surface area contributed by atoms with Crippen LogP contribution in [0.2, 0.25) is 0 Å². The van der Waals surface area contributed by atoms with Gasteiger partial charge in [-0.1, -0.05) is 0 Å². The molecule has 0 amide bonds. The molecule has 1 heterocycles. The van der Waals surface area contributed by atoms with E-state index >= 15 is 0 Å². The summed E-state index contributed by atoms with van der Waals surface area (Å²) in [5, 5.41) is 3.11. The van der Waals surface area contributed by atoms with E-state index in [2.05, 4.69) is 5.10 Å². The van der Waals surface area contributed by atoms with Gasteiger partial charge < -0.3 is 0 Å². The Morgan fingerprint density at radius 2 is 1.93 bits per heavy atom. The second-order valence-electron chi connectivity index (χ2n) is 2.99. The quantitative estimate of drug-likeness (QED) is 0.567. The first-order valence-corrected chi connectivity index (χ1v) is 5.61. The van der Waals surface area contributed by atoms with Crippen molar-refractivity contribution >= 4 is 27.9 Å². The van der Waals surface area contributed by atoms with E-state index in [0.717, 1.165) is 7.05 Å². The third-order valence-electron chi connectivity index (χ3n) is 2.02. The Kier molecular flexibility index (Phi) is 3.78. The van der Waals surface area contributed by atoms with Crippen molar-refractivity contribution in [3.05, 3.63) is 17.0 Å². The van der Waals surface area contributed by atoms with Gasteiger partial charge >= 0.3 is 99.9 Å². The Hall–Kier alpha value is -0.140. The number of rotatable bonds is 2. The van der Waals surface area contributed by atoms with Gasteiger partial charge in [0.15, 0.2) is 0 Å². The Labute approximate surface area is 99.9 Å². The van der Waals surface area contributed by atoms with Crippen LogP contribution in [-0.4, -0.2) is 37.7 Å². The van der Waals surface area contributed by atoms with E-state index in [9.17, 15) is 22.0 Å². The van der Waals surface area contributed by atoms with E-state index in [1.54, 1.807) is 0 Å². The second kappa shape index (κ2) is 4.39. The number of hydrogen-bond donors (Lipinski definition) is 0. The SMILES string of the molecule is Cn1nc(C(F)(F)F)c([CH2][Na])c1C(F)F. The van der Waals surface area contributed by atoms with Gasteiger partial charge in [0.2, 0.25) is 0 Å². The molecule has 8 heteroatoms. The van der Waals surface area contributed by atoms with Crippen molar-refractivity contribution in [1.82, 2.24) is 9.78 Å². The molecule has 0 spiro atoms. The van der Waals surface area contributed by atoms with Crippen LogP contribution in [0.25, 0.3) is 0 Å². The summed E-state index contributed by atoms with van der Waals surface area (Å²) in [7, 11) is 1.09. The minimum absolute atomic E-state index is 0.0162. The van der Waals surface area contributed by atoms with E-state index in [4.69, 9.17) is 0 Å². The predicted molar refractivity (Wildman–Crippen MR) is 42.6 cm³/mol. The summed E-state index contributed by atoms with van der Waals surface area (Å²) < 4.78 is 62.7. The molecule has 1 aromatic heterocycles. The zero-order chi connectivity index (χ0) is 11.8. The first kappa shape index (κ1) is 12.9. The van der Waals surface area contributed by atoms with Crippen LogP contribution >= 0.6 is 0 Å². The molecule has 1 rings (SSSR count). The molecular formula is C7H6F5N2Na. The van der Waals surface area contributed by atoms with Gasteiger partial charge in [0.05, 0.1) is 0 Å². The van der Waals surface area contributed by atoms with Crippen LogP contribution in [0.3, 0.4) is 0 Å². The minimum atomic E-state index is -4.66. The van der Waals surface area contributed by atoms with Gasteiger partial charge in [-0.3, -0.25) is 0 Å². The van der Waals surface area contributed by atoms with Gasteiger partial charge in [-0.05, 0) is 0 Å². The van der Waals surface area contributed by atoms with Gasteiger partial charge in [0.25, 0.3) is 0 Å². The predicted octanol–water partition coefficient (Wildman–Crippen LogP) is 2.04. The fourth-order valence-electron chi connectivity index (χ4n) is 1.43. The molecule has 0 aliphatic heterocycles. The molecule has 0 radical (unpaired) electrons. The van der Waals surface area contributed by atoms with Crippen LogP contribution in [-0.2, 0) is 16.9 Å². The Bertz CT molecular complexity index is 357. The van der Waals surface area contributed by atoms with E-state index in [1.807, 2.05) is 0 Å². The van der Waals surface area contributed by atoms with Crippen LogP contribution in [0.15, 0.2) is 0 Å². The van der Waals surface area contributed by atoms with Crippen LogP contribution in [0.4, 0.5) is 22.0 Å². The molecule has 0 fully saturated rings. The van der Waals surface area contributed by atoms with Crippen molar-refractivity contribution in [2.75, 3.05) is 0 Å². The average Bonchev–Trinajstić information content (AvgIpc) is 2.41. The van der Waals surface area contributed by atoms with Gasteiger partial charge in [-0.15, -0.1) is 0 Å². The van der Waals surface area contributed by atoms with Crippen molar-refractivity contribution < 1.29 is 22.0 Å². The Balaban J connectivity index is 3.38. The molecule has 0 saturated carbocycles. The second-order valence-corrected chi connectivity index (χ2v) is 3.70. The van der Waals surface area contributed by atoms with E-state index in [0.29, 0.717) is 32.6 Å². The molecule has 1 aromatic rings. The third-order valence-corrected chi connectivity index (χ3v) is 2.73. The molecule has 0 bridgehead atoms. The summed E-state index contributed by atoms with van der Waals surface area (Å²) in [4.78, 5) is 0. The Morgan fingerprint density at radius 3 is 2.27 bits per heavy atom. The summed E-state index contributed by atoms with van der Waals surface area (Å²) >= 11 is 0.380. The molecule has 0 aliphatic rings. The fraction of sp³-hybridized carbons (Fsp3) is 0.571. The molecule has 0 N–H and O–H groups in total. The topological polar surface area (TPSA) is 17.8 Å². The fourth-order valence-corrected chi connectivity index (χ4v) is 2.13. The first-order valence-electron chi connectivity index (χ1n) is 4.20. The molecule has 15 heavy (non-hydrogen) atoms. The summed E-state index contributed by atoms with van der Waals surface area (Å²) in [5.74, 6) is 0. The van der Waals surface area contributed by atoms with Crippen molar-refractivity contribution in [3.8, 4) is 0 Å². The number of halogens is 5. The van der Waals surface area contributed by atoms with Crippen LogP contribution in [0.1, 0.15) is 23.4 Å². The molecule has 0 saturated heterocycles. The monoisotopic (exact) mass is 236 g/mol. The van der Waals surface area contributed by atoms with Crippen LogP contribution in [0, 0.1) is 0 Å². The van der Waals surface area contributed by atoms with Crippen molar-refractivity contribution in [1.29, 1.82) is 0 Å². The molecule has 80 valence electrons. The zero-order valence-corrected chi connectivity index (χ0v) is 10.1. The van der Waals surface area contributed by atoms with E-state index < -0.39 is 24.0 Å². The standard InChI is InChI=1S/C7H6F5N2.Na/c1-3-4(6(8)9)14(2)13-5(3)7(10,11)12;/h6H,1H2,2H3;.